The summed E-state index contributed by atoms with van der Waals surface area (Å²) in [4.78, 5) is 15.0. The number of pyridine rings is 1. The third kappa shape index (κ3) is 4.89. The summed E-state index contributed by atoms with van der Waals surface area (Å²) in [6.07, 6.45) is 6.10. The minimum Gasteiger partial charge on any atom is -0.478 e. The summed E-state index contributed by atoms with van der Waals surface area (Å²) in [6.45, 7) is 0.260. The van der Waals surface area contributed by atoms with Crippen molar-refractivity contribution in [3.05, 3.63) is 71.4 Å². The number of aliphatic carboxylic acids is 1. The smallest absolute Gasteiger partial charge is 0.328 e. The molecule has 0 saturated carbocycles. The Balaban J connectivity index is 1.80. The molecule has 2 heterocycles. The summed E-state index contributed by atoms with van der Waals surface area (Å²) in [5, 5.41) is 26.3. The lowest BCUT2D eigenvalue weighted by molar-refractivity contribution is -0.131. The number of hydrogen-bond donors (Lipinski definition) is 3. The maximum absolute atomic E-state index is 13.0. The van der Waals surface area contributed by atoms with Crippen molar-refractivity contribution in [1.82, 2.24) is 4.98 Å². The first kappa shape index (κ1) is 20.7. The number of aliphatic hydroxyl groups excluding tert-OH is 1. The van der Waals surface area contributed by atoms with Gasteiger partial charge in [-0.1, -0.05) is 18.2 Å². The van der Waals surface area contributed by atoms with E-state index in [-0.39, 0.29) is 11.4 Å². The van der Waals surface area contributed by atoms with Gasteiger partial charge in [0.05, 0.1) is 4.90 Å². The van der Waals surface area contributed by atoms with Crippen molar-refractivity contribution in [2.75, 3.05) is 10.8 Å². The first-order valence-electron chi connectivity index (χ1n) is 8.82. The standard InChI is InChI=1S/C20H20N2O6S/c23-18(24)3-1-2-14-4-7-17(8-5-14)29(27,28)22-11-10-16-12-15(6-9-19(25)26)13-21-20(16)22/h1,3-9,12-13,18,23-24H,2,10-11H2,(H,25,26)/b3-1+,9-6+. The average Bonchev–Trinajstić information content (AvgIpc) is 3.10. The maximum atomic E-state index is 13.0. The number of carbonyl (C=O) groups is 1. The van der Waals surface area contributed by atoms with Gasteiger partial charge in [-0.2, -0.15) is 0 Å². The number of aromatic nitrogens is 1. The number of hydrogen-bond acceptors (Lipinski definition) is 6. The second-order valence-electron chi connectivity index (χ2n) is 6.44. The Kier molecular flexibility index (Phi) is 6.12. The van der Waals surface area contributed by atoms with Crippen LogP contribution in [0.5, 0.6) is 0 Å². The SMILES string of the molecule is O=C(O)/C=C/c1cnc2c(c1)CCN2S(=O)(=O)c1ccc(C/C=C/C(O)O)cc1. The molecule has 0 aliphatic carbocycles. The molecule has 0 atom stereocenters. The lowest BCUT2D eigenvalue weighted by atomic mass is 10.1. The molecular formula is C20H20N2O6S. The third-order valence-corrected chi connectivity index (χ3v) is 6.18. The van der Waals surface area contributed by atoms with E-state index in [4.69, 9.17) is 15.3 Å². The van der Waals surface area contributed by atoms with Crippen LogP contribution in [0.3, 0.4) is 0 Å². The van der Waals surface area contributed by atoms with Crippen LogP contribution in [0.4, 0.5) is 5.82 Å². The highest BCUT2D eigenvalue weighted by atomic mass is 32.2. The lowest BCUT2D eigenvalue weighted by Crippen LogP contribution is -2.29. The van der Waals surface area contributed by atoms with Crippen LogP contribution in [0, 0.1) is 0 Å². The molecule has 0 unspecified atom stereocenters. The third-order valence-electron chi connectivity index (χ3n) is 4.38. The van der Waals surface area contributed by atoms with Crippen molar-refractivity contribution in [3.63, 3.8) is 0 Å². The molecule has 152 valence electrons. The fourth-order valence-corrected chi connectivity index (χ4v) is 4.46. The van der Waals surface area contributed by atoms with Crippen molar-refractivity contribution in [2.24, 2.45) is 0 Å². The largest absolute Gasteiger partial charge is 0.478 e. The molecule has 0 fully saturated rings. The Morgan fingerprint density at radius 1 is 1.24 bits per heavy atom. The quantitative estimate of drug-likeness (QED) is 0.353. The van der Waals surface area contributed by atoms with E-state index in [1.165, 1.54) is 34.8 Å². The van der Waals surface area contributed by atoms with E-state index in [0.717, 1.165) is 17.2 Å². The van der Waals surface area contributed by atoms with Crippen LogP contribution < -0.4 is 4.31 Å². The molecule has 2 aromatic rings. The molecule has 1 aliphatic heterocycles. The van der Waals surface area contributed by atoms with Crippen molar-refractivity contribution in [3.8, 4) is 0 Å². The molecule has 1 aliphatic rings. The van der Waals surface area contributed by atoms with Gasteiger partial charge in [-0.05, 0) is 59.9 Å². The number of nitrogens with zero attached hydrogens (tertiary/aromatic N) is 2. The topological polar surface area (TPSA) is 128 Å². The number of carboxylic acid groups (broad SMARTS) is 1. The highest BCUT2D eigenvalue weighted by molar-refractivity contribution is 7.92. The molecular weight excluding hydrogens is 396 g/mol. The summed E-state index contributed by atoms with van der Waals surface area (Å²) in [6, 6.07) is 8.10. The zero-order valence-electron chi connectivity index (χ0n) is 15.3. The number of aliphatic hydroxyl groups is 2. The van der Waals surface area contributed by atoms with Gasteiger partial charge in [-0.25, -0.2) is 22.5 Å². The van der Waals surface area contributed by atoms with E-state index in [1.807, 2.05) is 0 Å². The van der Waals surface area contributed by atoms with Gasteiger partial charge in [-0.3, -0.25) is 0 Å². The minimum atomic E-state index is -3.78. The van der Waals surface area contributed by atoms with Crippen molar-refractivity contribution in [2.45, 2.75) is 24.0 Å². The van der Waals surface area contributed by atoms with Crippen LogP contribution >= 0.6 is 0 Å². The van der Waals surface area contributed by atoms with Crippen molar-refractivity contribution in [1.29, 1.82) is 0 Å². The number of rotatable bonds is 7. The minimum absolute atomic E-state index is 0.136. The van der Waals surface area contributed by atoms with E-state index in [0.29, 0.717) is 24.2 Å². The van der Waals surface area contributed by atoms with Crippen LogP contribution in [0.2, 0.25) is 0 Å². The predicted molar refractivity (Wildman–Crippen MR) is 107 cm³/mol. The maximum Gasteiger partial charge on any atom is 0.328 e. The number of fused-ring (bicyclic) bond motifs is 1. The zero-order chi connectivity index (χ0) is 21.0. The number of benzene rings is 1. The molecule has 1 aromatic heterocycles. The Morgan fingerprint density at radius 3 is 2.62 bits per heavy atom. The Morgan fingerprint density at radius 2 is 1.97 bits per heavy atom. The van der Waals surface area contributed by atoms with E-state index in [2.05, 4.69) is 4.98 Å². The highest BCUT2D eigenvalue weighted by Gasteiger charge is 2.32. The van der Waals surface area contributed by atoms with Crippen molar-refractivity contribution < 1.29 is 28.5 Å². The number of sulfonamides is 1. The summed E-state index contributed by atoms with van der Waals surface area (Å²) in [5.74, 6) is -0.720. The van der Waals surface area contributed by atoms with Gasteiger partial charge < -0.3 is 15.3 Å². The first-order chi connectivity index (χ1) is 13.8. The van der Waals surface area contributed by atoms with Crippen molar-refractivity contribution >= 4 is 27.9 Å². The van der Waals surface area contributed by atoms with Gasteiger partial charge in [-0.15, -0.1) is 0 Å². The molecule has 3 rings (SSSR count). The highest BCUT2D eigenvalue weighted by Crippen LogP contribution is 2.31. The molecule has 0 spiro atoms. The molecule has 0 saturated heterocycles. The molecule has 29 heavy (non-hydrogen) atoms. The predicted octanol–water partition coefficient (Wildman–Crippen LogP) is 1.34. The monoisotopic (exact) mass is 416 g/mol. The second kappa shape index (κ2) is 8.56. The number of allylic oxidation sites excluding steroid dienone is 1. The number of carboxylic acids is 1. The zero-order valence-corrected chi connectivity index (χ0v) is 16.2. The first-order valence-corrected chi connectivity index (χ1v) is 10.3. The van der Waals surface area contributed by atoms with Gasteiger partial charge >= 0.3 is 5.97 Å². The van der Waals surface area contributed by atoms with Crippen LogP contribution in [0.1, 0.15) is 16.7 Å². The van der Waals surface area contributed by atoms with E-state index < -0.39 is 22.3 Å². The molecule has 3 N–H and O–H groups in total. The van der Waals surface area contributed by atoms with Gasteiger partial charge in [0.25, 0.3) is 10.0 Å². The molecule has 9 heteroatoms. The van der Waals surface area contributed by atoms with Gasteiger partial charge in [0.15, 0.2) is 6.29 Å². The summed E-state index contributed by atoms with van der Waals surface area (Å²) < 4.78 is 27.3. The van der Waals surface area contributed by atoms with Crippen LogP contribution in [0.25, 0.3) is 6.08 Å². The van der Waals surface area contributed by atoms with Gasteiger partial charge in [0.2, 0.25) is 0 Å². The fourth-order valence-electron chi connectivity index (χ4n) is 3.00. The Hall–Kier alpha value is -3.01. The molecule has 1 aromatic carbocycles. The van der Waals surface area contributed by atoms with Gasteiger partial charge in [0, 0.05) is 18.8 Å². The van der Waals surface area contributed by atoms with E-state index >= 15 is 0 Å². The average molecular weight is 416 g/mol. The number of anilines is 1. The van der Waals surface area contributed by atoms with Crippen LogP contribution in [-0.2, 0) is 27.7 Å². The summed E-state index contributed by atoms with van der Waals surface area (Å²) >= 11 is 0. The molecule has 0 radical (unpaired) electrons. The lowest BCUT2D eigenvalue weighted by Gasteiger charge is -2.18. The van der Waals surface area contributed by atoms with E-state index in [9.17, 15) is 13.2 Å². The van der Waals surface area contributed by atoms with Crippen LogP contribution in [-0.4, -0.2) is 47.5 Å². The Labute approximate surface area is 168 Å². The fraction of sp³-hybridized carbons (Fsp3) is 0.200. The molecule has 8 nitrogen and oxygen atoms in total. The second-order valence-corrected chi connectivity index (χ2v) is 8.30. The normalized spacial score (nSPS) is 14.2. The molecule has 0 amide bonds. The summed E-state index contributed by atoms with van der Waals surface area (Å²) in [7, 11) is -3.78. The van der Waals surface area contributed by atoms with Gasteiger partial charge in [0.1, 0.15) is 5.82 Å². The Bertz CT molecular complexity index is 1060. The van der Waals surface area contributed by atoms with Crippen LogP contribution in [0.15, 0.2) is 59.7 Å². The summed E-state index contributed by atoms with van der Waals surface area (Å²) in [5.41, 5.74) is 2.16. The van der Waals surface area contributed by atoms with E-state index in [1.54, 1.807) is 24.3 Å². The molecule has 0 bridgehead atoms.